The van der Waals surface area contributed by atoms with Gasteiger partial charge in [-0.2, -0.15) is 17.4 Å². The van der Waals surface area contributed by atoms with Crippen LogP contribution in [-0.2, 0) is 10.2 Å². The Labute approximate surface area is 112 Å². The van der Waals surface area contributed by atoms with Gasteiger partial charge in [0.25, 0.3) is 10.2 Å². The second kappa shape index (κ2) is 5.86. The van der Waals surface area contributed by atoms with Crippen LogP contribution in [0.25, 0.3) is 0 Å². The standard InChI is InChI=1S/C12H27N3O2S/c1-10(2)13-7-6-8-15(5)18(16,17)14-11-9-12(11,3)4/h10-11,13-14H,6-9H2,1-5H3. The average Bonchev–Trinajstić information content (AvgIpc) is 2.79. The van der Waals surface area contributed by atoms with Gasteiger partial charge in [-0.1, -0.05) is 27.7 Å². The smallest absolute Gasteiger partial charge is 0.279 e. The van der Waals surface area contributed by atoms with Gasteiger partial charge < -0.3 is 5.32 Å². The largest absolute Gasteiger partial charge is 0.314 e. The van der Waals surface area contributed by atoms with Gasteiger partial charge in [0.2, 0.25) is 0 Å². The molecule has 18 heavy (non-hydrogen) atoms. The molecule has 0 aromatic rings. The van der Waals surface area contributed by atoms with E-state index in [2.05, 4.69) is 37.7 Å². The fourth-order valence-corrected chi connectivity index (χ4v) is 3.06. The van der Waals surface area contributed by atoms with Crippen molar-refractivity contribution in [2.75, 3.05) is 20.1 Å². The Kier molecular flexibility index (Phi) is 5.17. The summed E-state index contributed by atoms with van der Waals surface area (Å²) in [5, 5.41) is 3.28. The van der Waals surface area contributed by atoms with E-state index in [9.17, 15) is 8.42 Å². The first-order chi connectivity index (χ1) is 8.15. The molecule has 2 N–H and O–H groups in total. The van der Waals surface area contributed by atoms with E-state index in [1.165, 1.54) is 4.31 Å². The maximum atomic E-state index is 12.0. The Morgan fingerprint density at radius 2 is 1.94 bits per heavy atom. The van der Waals surface area contributed by atoms with Gasteiger partial charge in [0.05, 0.1) is 0 Å². The van der Waals surface area contributed by atoms with E-state index >= 15 is 0 Å². The van der Waals surface area contributed by atoms with Gasteiger partial charge in [-0.3, -0.25) is 0 Å². The van der Waals surface area contributed by atoms with E-state index in [4.69, 9.17) is 0 Å². The molecule has 0 saturated heterocycles. The predicted octanol–water partition coefficient (Wildman–Crippen LogP) is 0.939. The van der Waals surface area contributed by atoms with E-state index < -0.39 is 10.2 Å². The average molecular weight is 277 g/mol. The monoisotopic (exact) mass is 277 g/mol. The molecule has 1 aliphatic rings. The van der Waals surface area contributed by atoms with Gasteiger partial charge in [0.15, 0.2) is 0 Å². The van der Waals surface area contributed by atoms with Crippen LogP contribution in [-0.4, -0.2) is 44.9 Å². The molecule has 1 unspecified atom stereocenters. The van der Waals surface area contributed by atoms with Crippen molar-refractivity contribution in [2.24, 2.45) is 5.41 Å². The molecule has 1 fully saturated rings. The maximum Gasteiger partial charge on any atom is 0.279 e. The van der Waals surface area contributed by atoms with Crippen LogP contribution in [0.3, 0.4) is 0 Å². The summed E-state index contributed by atoms with van der Waals surface area (Å²) in [7, 11) is -1.68. The molecule has 0 spiro atoms. The lowest BCUT2D eigenvalue weighted by molar-refractivity contribution is 0.434. The number of hydrogen-bond acceptors (Lipinski definition) is 3. The van der Waals surface area contributed by atoms with Crippen LogP contribution in [0.4, 0.5) is 0 Å². The maximum absolute atomic E-state index is 12.0. The first kappa shape index (κ1) is 15.9. The molecule has 0 radical (unpaired) electrons. The molecule has 5 nitrogen and oxygen atoms in total. The summed E-state index contributed by atoms with van der Waals surface area (Å²) in [6.45, 7) is 9.70. The fourth-order valence-electron chi connectivity index (χ4n) is 1.75. The highest BCUT2D eigenvalue weighted by molar-refractivity contribution is 7.87. The summed E-state index contributed by atoms with van der Waals surface area (Å²) >= 11 is 0. The van der Waals surface area contributed by atoms with Crippen molar-refractivity contribution in [2.45, 2.75) is 52.6 Å². The van der Waals surface area contributed by atoms with Crippen LogP contribution in [0, 0.1) is 5.41 Å². The molecule has 0 amide bonds. The van der Waals surface area contributed by atoms with Gasteiger partial charge in [0, 0.05) is 25.7 Å². The highest BCUT2D eigenvalue weighted by atomic mass is 32.2. The number of hydrogen-bond donors (Lipinski definition) is 2. The Morgan fingerprint density at radius 1 is 1.39 bits per heavy atom. The highest BCUT2D eigenvalue weighted by Gasteiger charge is 2.48. The van der Waals surface area contributed by atoms with Crippen molar-refractivity contribution in [3.05, 3.63) is 0 Å². The SMILES string of the molecule is CC(C)NCCCN(C)S(=O)(=O)NC1CC1(C)C. The topological polar surface area (TPSA) is 61.4 Å². The van der Waals surface area contributed by atoms with Gasteiger partial charge in [-0.05, 0) is 24.8 Å². The number of rotatable bonds is 8. The van der Waals surface area contributed by atoms with Crippen molar-refractivity contribution in [1.82, 2.24) is 14.3 Å². The summed E-state index contributed by atoms with van der Waals surface area (Å²) in [5.74, 6) is 0. The first-order valence-electron chi connectivity index (χ1n) is 6.62. The van der Waals surface area contributed by atoms with Gasteiger partial charge in [0.1, 0.15) is 0 Å². The zero-order valence-electron chi connectivity index (χ0n) is 12.2. The summed E-state index contributed by atoms with van der Waals surface area (Å²) < 4.78 is 28.1. The van der Waals surface area contributed by atoms with Crippen molar-refractivity contribution in [3.8, 4) is 0 Å². The molecule has 108 valence electrons. The van der Waals surface area contributed by atoms with Crippen molar-refractivity contribution >= 4 is 10.2 Å². The quantitative estimate of drug-likeness (QED) is 0.649. The minimum atomic E-state index is -3.31. The van der Waals surface area contributed by atoms with Crippen LogP contribution in [0.5, 0.6) is 0 Å². The lowest BCUT2D eigenvalue weighted by Crippen LogP contribution is -2.41. The third-order valence-electron chi connectivity index (χ3n) is 3.42. The van der Waals surface area contributed by atoms with E-state index in [0.717, 1.165) is 19.4 Å². The lowest BCUT2D eigenvalue weighted by atomic mass is 10.2. The number of nitrogens with zero attached hydrogens (tertiary/aromatic N) is 1. The zero-order chi connectivity index (χ0) is 14.0. The normalized spacial score (nSPS) is 22.7. The first-order valence-corrected chi connectivity index (χ1v) is 8.06. The molecule has 1 rings (SSSR count). The van der Waals surface area contributed by atoms with Crippen molar-refractivity contribution < 1.29 is 8.42 Å². The summed E-state index contributed by atoms with van der Waals surface area (Å²) in [4.78, 5) is 0. The molecule has 6 heteroatoms. The third kappa shape index (κ3) is 4.84. The molecular weight excluding hydrogens is 250 g/mol. The molecule has 0 heterocycles. The molecule has 1 saturated carbocycles. The molecular formula is C12H27N3O2S. The second-order valence-corrected chi connectivity index (χ2v) is 7.96. The van der Waals surface area contributed by atoms with Crippen LogP contribution in [0.1, 0.15) is 40.5 Å². The molecule has 0 aromatic heterocycles. The second-order valence-electron chi connectivity index (χ2n) is 6.15. The van der Waals surface area contributed by atoms with E-state index in [1.54, 1.807) is 7.05 Å². The Bertz CT molecular complexity index is 366. The van der Waals surface area contributed by atoms with Gasteiger partial charge in [-0.15, -0.1) is 0 Å². The molecule has 1 aliphatic carbocycles. The lowest BCUT2D eigenvalue weighted by Gasteiger charge is -2.18. The van der Waals surface area contributed by atoms with Crippen LogP contribution >= 0.6 is 0 Å². The molecule has 0 aromatic carbocycles. The zero-order valence-corrected chi connectivity index (χ0v) is 13.0. The third-order valence-corrected chi connectivity index (χ3v) is 5.00. The van der Waals surface area contributed by atoms with E-state index in [0.29, 0.717) is 12.6 Å². The fraction of sp³-hybridized carbons (Fsp3) is 1.00. The predicted molar refractivity (Wildman–Crippen MR) is 74.6 cm³/mol. The Hall–Kier alpha value is -0.170. The highest BCUT2D eigenvalue weighted by Crippen LogP contribution is 2.45. The van der Waals surface area contributed by atoms with E-state index in [-0.39, 0.29) is 11.5 Å². The molecule has 0 bridgehead atoms. The van der Waals surface area contributed by atoms with Crippen LogP contribution in [0.2, 0.25) is 0 Å². The molecule has 0 aliphatic heterocycles. The number of nitrogens with one attached hydrogen (secondary N) is 2. The van der Waals surface area contributed by atoms with E-state index in [1.807, 2.05) is 0 Å². The Balaban J connectivity index is 2.29. The van der Waals surface area contributed by atoms with Gasteiger partial charge in [-0.25, -0.2) is 0 Å². The minimum Gasteiger partial charge on any atom is -0.314 e. The van der Waals surface area contributed by atoms with Gasteiger partial charge >= 0.3 is 0 Å². The molecule has 1 atom stereocenters. The summed E-state index contributed by atoms with van der Waals surface area (Å²) in [6, 6.07) is 0.538. The Morgan fingerprint density at radius 3 is 2.39 bits per heavy atom. The van der Waals surface area contributed by atoms with Crippen LogP contribution < -0.4 is 10.0 Å². The minimum absolute atomic E-state index is 0.0961. The van der Waals surface area contributed by atoms with Crippen molar-refractivity contribution in [3.63, 3.8) is 0 Å². The summed E-state index contributed by atoms with van der Waals surface area (Å²) in [5.41, 5.74) is 0.118. The summed E-state index contributed by atoms with van der Waals surface area (Å²) in [6.07, 6.45) is 1.75. The van der Waals surface area contributed by atoms with Crippen LogP contribution in [0.15, 0.2) is 0 Å². The van der Waals surface area contributed by atoms with Crippen molar-refractivity contribution in [1.29, 1.82) is 0 Å².